The molecule has 0 heterocycles. The highest BCUT2D eigenvalue weighted by Gasteiger charge is 2.03. The normalized spacial score (nSPS) is 9.88. The summed E-state index contributed by atoms with van der Waals surface area (Å²) in [7, 11) is 1.56. The van der Waals surface area contributed by atoms with Gasteiger partial charge in [0.2, 0.25) is 11.8 Å². The van der Waals surface area contributed by atoms with E-state index < -0.39 is 0 Å². The third-order valence-corrected chi connectivity index (χ3v) is 2.48. The molecule has 0 fully saturated rings. The first-order chi connectivity index (χ1) is 7.70. The Bertz CT molecular complexity index is 211. The van der Waals surface area contributed by atoms with Crippen molar-refractivity contribution in [1.82, 2.24) is 10.6 Å². The van der Waals surface area contributed by atoms with Crippen LogP contribution in [-0.4, -0.2) is 25.4 Å². The van der Waals surface area contributed by atoms with E-state index in [2.05, 4.69) is 17.6 Å². The average molecular weight is 230 g/mol. The maximum atomic E-state index is 11.3. The van der Waals surface area contributed by atoms with E-state index in [0.717, 1.165) is 12.8 Å². The minimum atomic E-state index is -0.156. The molecule has 2 amide bonds. The van der Waals surface area contributed by atoms with Crippen molar-refractivity contribution in [2.24, 2.45) is 0 Å². The Kier molecular flexibility index (Phi) is 9.76. The zero-order chi connectivity index (χ0) is 12.2. The lowest BCUT2D eigenvalue weighted by Gasteiger charge is -2.04. The van der Waals surface area contributed by atoms with Crippen molar-refractivity contribution < 1.29 is 11.0 Å². The second kappa shape index (κ2) is 10.5. The number of carbonyl (C=O) groups excluding carboxylic acids is 2. The van der Waals surface area contributed by atoms with E-state index in [0.29, 0.717) is 6.42 Å². The van der Waals surface area contributed by atoms with Crippen LogP contribution in [0.4, 0.5) is 0 Å². The first kappa shape index (κ1) is 14.9. The van der Waals surface area contributed by atoms with Crippen LogP contribution in [0, 0.1) is 0 Å². The summed E-state index contributed by atoms with van der Waals surface area (Å²) < 4.78 is 0. The number of carbonyl (C=O) groups is 2. The van der Waals surface area contributed by atoms with Crippen molar-refractivity contribution in [3.63, 3.8) is 0 Å². The van der Waals surface area contributed by atoms with Gasteiger partial charge in [-0.05, 0) is 6.42 Å². The van der Waals surface area contributed by atoms with Gasteiger partial charge in [0.25, 0.3) is 0 Å². The predicted molar refractivity (Wildman–Crippen MR) is 67.2 cm³/mol. The molecule has 0 aromatic carbocycles. The highest BCUT2D eigenvalue weighted by atomic mass is 16.2. The Morgan fingerprint density at radius 2 is 1.62 bits per heavy atom. The van der Waals surface area contributed by atoms with Crippen molar-refractivity contribution in [2.75, 3.05) is 13.6 Å². The Hall–Kier alpha value is -1.06. The number of nitrogens with one attached hydrogen (secondary N) is 2. The van der Waals surface area contributed by atoms with Crippen molar-refractivity contribution in [1.29, 1.82) is 0 Å². The molecule has 0 bridgehead atoms. The summed E-state index contributed by atoms with van der Waals surface area (Å²) >= 11 is 0. The Morgan fingerprint density at radius 3 is 2.25 bits per heavy atom. The smallest absolute Gasteiger partial charge is 0.239 e. The first-order valence-electron chi connectivity index (χ1n) is 6.18. The molecule has 0 rings (SSSR count). The molecule has 0 aliphatic rings. The molecule has 96 valence electrons. The monoisotopic (exact) mass is 230 g/mol. The fraction of sp³-hybridized carbons (Fsp3) is 0.833. The van der Waals surface area contributed by atoms with E-state index >= 15 is 0 Å². The number of unbranched alkanes of at least 4 members (excludes halogenated alkanes) is 5. The van der Waals surface area contributed by atoms with E-state index in [9.17, 15) is 9.59 Å². The van der Waals surface area contributed by atoms with E-state index in [1.165, 1.54) is 25.7 Å². The topological polar surface area (TPSA) is 58.2 Å². The number of rotatable bonds is 9. The van der Waals surface area contributed by atoms with Crippen molar-refractivity contribution in [3.05, 3.63) is 0 Å². The van der Waals surface area contributed by atoms with Gasteiger partial charge in [-0.1, -0.05) is 39.0 Å². The Morgan fingerprint density at radius 1 is 1.00 bits per heavy atom. The van der Waals surface area contributed by atoms with Gasteiger partial charge in [-0.25, -0.2) is 0 Å². The number of hydrogen-bond donors (Lipinski definition) is 2. The van der Waals surface area contributed by atoms with Crippen molar-refractivity contribution >= 4 is 11.8 Å². The third-order valence-electron chi connectivity index (χ3n) is 2.48. The maximum Gasteiger partial charge on any atom is 0.239 e. The zero-order valence-corrected chi connectivity index (χ0v) is 10.5. The SMILES string of the molecule is CCCCCCCCC(=O)NCC(=O)NC.[HH]. The van der Waals surface area contributed by atoms with Crippen LogP contribution < -0.4 is 10.6 Å². The van der Waals surface area contributed by atoms with E-state index in [1.54, 1.807) is 7.05 Å². The van der Waals surface area contributed by atoms with Crippen LogP contribution in [0.5, 0.6) is 0 Å². The van der Waals surface area contributed by atoms with Crippen LogP contribution in [0.15, 0.2) is 0 Å². The second-order valence-corrected chi connectivity index (χ2v) is 3.97. The minimum Gasteiger partial charge on any atom is -0.358 e. The van der Waals surface area contributed by atoms with Gasteiger partial charge in [0, 0.05) is 14.9 Å². The van der Waals surface area contributed by atoms with Gasteiger partial charge in [0.15, 0.2) is 0 Å². The summed E-state index contributed by atoms with van der Waals surface area (Å²) in [6.07, 6.45) is 7.54. The van der Waals surface area contributed by atoms with E-state index in [-0.39, 0.29) is 19.8 Å². The lowest BCUT2D eigenvalue weighted by Crippen LogP contribution is -2.34. The summed E-state index contributed by atoms with van der Waals surface area (Å²) in [5.74, 6) is -0.185. The van der Waals surface area contributed by atoms with Crippen LogP contribution in [0.25, 0.3) is 0 Å². The predicted octanol–water partition coefficient (Wildman–Crippen LogP) is 1.85. The lowest BCUT2D eigenvalue weighted by molar-refractivity contribution is -0.125. The van der Waals surface area contributed by atoms with Crippen LogP contribution in [-0.2, 0) is 9.59 Å². The molecule has 0 aromatic heterocycles. The molecule has 0 saturated carbocycles. The number of likely N-dealkylation sites (N-methyl/N-ethyl adjacent to an activating group) is 1. The molecule has 4 heteroatoms. The molecule has 0 saturated heterocycles. The molecule has 0 radical (unpaired) electrons. The van der Waals surface area contributed by atoms with Gasteiger partial charge < -0.3 is 10.6 Å². The highest BCUT2D eigenvalue weighted by Crippen LogP contribution is 2.06. The molecule has 0 aliphatic carbocycles. The fourth-order valence-corrected chi connectivity index (χ4v) is 1.42. The van der Waals surface area contributed by atoms with E-state index in [1.807, 2.05) is 0 Å². The van der Waals surface area contributed by atoms with Gasteiger partial charge in [-0.2, -0.15) is 0 Å². The molecule has 2 N–H and O–H groups in total. The number of hydrogen-bond acceptors (Lipinski definition) is 2. The standard InChI is InChI=1S/C12H24N2O2.H2/c1-3-4-5-6-7-8-9-11(15)14-10-12(16)13-2;/h3-10H2,1-2H3,(H,13,16)(H,14,15);1H. The summed E-state index contributed by atoms with van der Waals surface area (Å²) in [6.45, 7) is 2.28. The van der Waals surface area contributed by atoms with E-state index in [4.69, 9.17) is 0 Å². The molecule has 0 aliphatic heterocycles. The molecule has 4 nitrogen and oxygen atoms in total. The number of amides is 2. The van der Waals surface area contributed by atoms with Gasteiger partial charge in [0.1, 0.15) is 0 Å². The minimum absolute atomic E-state index is 0. The fourth-order valence-electron chi connectivity index (χ4n) is 1.42. The van der Waals surface area contributed by atoms with Gasteiger partial charge in [-0.15, -0.1) is 0 Å². The molecule has 16 heavy (non-hydrogen) atoms. The maximum absolute atomic E-state index is 11.3. The molecule has 0 unspecified atom stereocenters. The molecular weight excluding hydrogens is 204 g/mol. The summed E-state index contributed by atoms with van der Waals surface area (Å²) in [5, 5.41) is 5.04. The van der Waals surface area contributed by atoms with Crippen LogP contribution in [0.1, 0.15) is 53.3 Å². The average Bonchev–Trinajstić information content (AvgIpc) is 2.30. The van der Waals surface area contributed by atoms with Crippen LogP contribution in [0.3, 0.4) is 0 Å². The molecular formula is C12H26N2O2. The summed E-state index contributed by atoms with van der Waals surface area (Å²) in [6, 6.07) is 0. The molecule has 0 aromatic rings. The summed E-state index contributed by atoms with van der Waals surface area (Å²) in [4.78, 5) is 22.1. The Balaban J connectivity index is 0. The van der Waals surface area contributed by atoms with Crippen molar-refractivity contribution in [2.45, 2.75) is 51.9 Å². The van der Waals surface area contributed by atoms with Crippen LogP contribution in [0.2, 0.25) is 0 Å². The van der Waals surface area contributed by atoms with Gasteiger partial charge >= 0.3 is 0 Å². The zero-order valence-electron chi connectivity index (χ0n) is 10.5. The largest absolute Gasteiger partial charge is 0.358 e. The van der Waals surface area contributed by atoms with Crippen LogP contribution >= 0.6 is 0 Å². The quantitative estimate of drug-likeness (QED) is 0.594. The van der Waals surface area contributed by atoms with Gasteiger partial charge in [-0.3, -0.25) is 9.59 Å². The lowest BCUT2D eigenvalue weighted by atomic mass is 10.1. The second-order valence-electron chi connectivity index (χ2n) is 3.97. The molecule has 0 spiro atoms. The third kappa shape index (κ3) is 9.49. The first-order valence-corrected chi connectivity index (χ1v) is 6.18. The highest BCUT2D eigenvalue weighted by molar-refractivity contribution is 5.84. The Labute approximate surface area is 99.7 Å². The van der Waals surface area contributed by atoms with Crippen molar-refractivity contribution in [3.8, 4) is 0 Å². The van der Waals surface area contributed by atoms with Gasteiger partial charge in [0.05, 0.1) is 6.54 Å². The summed E-state index contributed by atoms with van der Waals surface area (Å²) in [5.41, 5.74) is 0. The molecule has 0 atom stereocenters.